The predicted octanol–water partition coefficient (Wildman–Crippen LogP) is 4.90. The molecule has 0 unspecified atom stereocenters. The van der Waals surface area contributed by atoms with Crippen LogP contribution in [0, 0.1) is 6.92 Å². The molecule has 0 atom stereocenters. The summed E-state index contributed by atoms with van der Waals surface area (Å²) in [7, 11) is 0. The van der Waals surface area contributed by atoms with E-state index < -0.39 is 11.6 Å². The molecule has 4 aromatic rings. The number of imidazole rings is 1. The van der Waals surface area contributed by atoms with Gasteiger partial charge in [0.05, 0.1) is 16.8 Å². The van der Waals surface area contributed by atoms with E-state index in [-0.39, 0.29) is 5.78 Å². The Balaban J connectivity index is 0.000000858. The summed E-state index contributed by atoms with van der Waals surface area (Å²) in [6.45, 7) is 2.05. The Bertz CT molecular complexity index is 1190. The molecule has 0 amide bonds. The van der Waals surface area contributed by atoms with Crippen molar-refractivity contribution < 1.29 is 17.9 Å². The molecule has 0 aliphatic heterocycles. The lowest BCUT2D eigenvalue weighted by atomic mass is 10.1. The molecule has 0 saturated carbocycles. The second-order valence-corrected chi connectivity index (χ2v) is 7.79. The summed E-state index contributed by atoms with van der Waals surface area (Å²) in [5.74, 6) is 2.11. The minimum atomic E-state index is -0.750. The van der Waals surface area contributed by atoms with Crippen molar-refractivity contribution in [2.24, 2.45) is 0 Å². The number of carbonyl (C=O) groups is 1. The Morgan fingerprint density at radius 3 is 2.35 bits per heavy atom. The maximum absolute atomic E-state index is 12.3. The third-order valence-corrected chi connectivity index (χ3v) is 5.22. The Morgan fingerprint density at radius 2 is 1.65 bits per heavy atom. The number of carbonyl (C=O) groups excluding carboxylic acids is 1. The number of ether oxygens (including phenoxy) is 1. The van der Waals surface area contributed by atoms with Crippen LogP contribution < -0.4 is 4.74 Å². The standard InChI is InChI=1S/C23H20N2O2S.O2S/c1-16-7-12-21-22(13-16)25-23(24-21)28-15-18(26)14-17-8-10-20(11-9-17)27-19-5-3-2-4-6-19;1-3-2/h2-13H,14-15H2,1H3,(H,24,25);. The normalized spacial score (nSPS) is 10.2. The van der Waals surface area contributed by atoms with Gasteiger partial charge in [-0.15, -0.1) is 0 Å². The van der Waals surface area contributed by atoms with Crippen molar-refractivity contribution in [3.63, 3.8) is 0 Å². The fourth-order valence-electron chi connectivity index (χ4n) is 2.90. The van der Waals surface area contributed by atoms with Gasteiger partial charge in [-0.2, -0.15) is 8.42 Å². The van der Waals surface area contributed by atoms with E-state index in [1.165, 1.54) is 17.3 Å². The van der Waals surface area contributed by atoms with Crippen molar-refractivity contribution in [3.8, 4) is 11.5 Å². The first kappa shape index (κ1) is 22.5. The van der Waals surface area contributed by atoms with E-state index in [4.69, 9.17) is 13.2 Å². The molecular formula is C23H20N2O4S2. The quantitative estimate of drug-likeness (QED) is 0.401. The molecule has 0 spiro atoms. The summed E-state index contributed by atoms with van der Waals surface area (Å²) in [6, 6.07) is 23.4. The van der Waals surface area contributed by atoms with E-state index in [0.29, 0.717) is 12.2 Å². The second-order valence-electron chi connectivity index (χ2n) is 6.69. The molecule has 0 aliphatic carbocycles. The molecule has 1 heterocycles. The van der Waals surface area contributed by atoms with E-state index in [9.17, 15) is 4.79 Å². The first-order valence-electron chi connectivity index (χ1n) is 9.42. The molecule has 3 aromatic carbocycles. The van der Waals surface area contributed by atoms with Crippen LogP contribution >= 0.6 is 11.8 Å². The largest absolute Gasteiger partial charge is 0.457 e. The fourth-order valence-corrected chi connectivity index (χ4v) is 3.64. The van der Waals surface area contributed by atoms with Gasteiger partial charge in [0, 0.05) is 6.42 Å². The number of nitrogens with one attached hydrogen (secondary N) is 1. The van der Waals surface area contributed by atoms with Crippen molar-refractivity contribution in [2.75, 3.05) is 5.75 Å². The molecule has 0 saturated heterocycles. The molecule has 0 fully saturated rings. The van der Waals surface area contributed by atoms with Gasteiger partial charge in [-0.25, -0.2) is 4.98 Å². The highest BCUT2D eigenvalue weighted by Gasteiger charge is 2.09. The van der Waals surface area contributed by atoms with Crippen LogP contribution in [-0.2, 0) is 22.8 Å². The Kier molecular flexibility index (Phi) is 8.14. The van der Waals surface area contributed by atoms with Gasteiger partial charge in [-0.3, -0.25) is 4.79 Å². The highest BCUT2D eigenvalue weighted by Crippen LogP contribution is 2.23. The number of hydrogen-bond acceptors (Lipinski definition) is 6. The first-order valence-corrected chi connectivity index (χ1v) is 11.1. The number of aromatic amines is 1. The van der Waals surface area contributed by atoms with Crippen LogP contribution in [-0.4, -0.2) is 29.9 Å². The third-order valence-electron chi connectivity index (χ3n) is 4.29. The van der Waals surface area contributed by atoms with E-state index in [1.54, 1.807) is 0 Å². The summed E-state index contributed by atoms with van der Waals surface area (Å²) in [4.78, 5) is 20.1. The molecule has 6 nitrogen and oxygen atoms in total. The summed E-state index contributed by atoms with van der Waals surface area (Å²) < 4.78 is 22.4. The number of hydrogen-bond donors (Lipinski definition) is 1. The summed E-state index contributed by atoms with van der Waals surface area (Å²) >= 11 is 0.693. The van der Waals surface area contributed by atoms with E-state index in [2.05, 4.69) is 16.0 Å². The third kappa shape index (κ3) is 6.91. The average molecular weight is 453 g/mol. The van der Waals surface area contributed by atoms with Crippen molar-refractivity contribution >= 4 is 40.1 Å². The minimum Gasteiger partial charge on any atom is -0.457 e. The maximum atomic E-state index is 12.3. The van der Waals surface area contributed by atoms with Gasteiger partial charge in [0.1, 0.15) is 17.3 Å². The maximum Gasteiger partial charge on any atom is 0.335 e. The van der Waals surface area contributed by atoms with Crippen LogP contribution in [0.2, 0.25) is 0 Å². The summed E-state index contributed by atoms with van der Waals surface area (Å²) in [5, 5.41) is 0.778. The number of para-hydroxylation sites is 1. The fraction of sp³-hybridized carbons (Fsp3) is 0.130. The lowest BCUT2D eigenvalue weighted by Gasteiger charge is -2.06. The number of ketones is 1. The Morgan fingerprint density at radius 1 is 0.968 bits per heavy atom. The van der Waals surface area contributed by atoms with Gasteiger partial charge in [0.25, 0.3) is 0 Å². The molecule has 0 bridgehead atoms. The topological polar surface area (TPSA) is 89.1 Å². The van der Waals surface area contributed by atoms with E-state index >= 15 is 0 Å². The number of aromatic nitrogens is 2. The summed E-state index contributed by atoms with van der Waals surface area (Å²) in [6.07, 6.45) is 0.401. The monoisotopic (exact) mass is 452 g/mol. The molecular weight excluding hydrogens is 432 g/mol. The van der Waals surface area contributed by atoms with Gasteiger partial charge in [0.15, 0.2) is 5.16 Å². The van der Waals surface area contributed by atoms with Crippen molar-refractivity contribution in [1.29, 1.82) is 0 Å². The number of benzene rings is 3. The van der Waals surface area contributed by atoms with Crippen LogP contribution in [0.4, 0.5) is 0 Å². The number of H-pyrrole nitrogens is 1. The number of thioether (sulfide) groups is 1. The average Bonchev–Trinajstić information content (AvgIpc) is 3.17. The van der Waals surface area contributed by atoms with Crippen molar-refractivity contribution in [3.05, 3.63) is 83.9 Å². The van der Waals surface area contributed by atoms with Crippen LogP contribution in [0.1, 0.15) is 11.1 Å². The number of rotatable bonds is 7. The zero-order valence-electron chi connectivity index (χ0n) is 16.7. The zero-order chi connectivity index (χ0) is 22.1. The summed E-state index contributed by atoms with van der Waals surface area (Å²) in [5.41, 5.74) is 4.09. The van der Waals surface area contributed by atoms with Gasteiger partial charge in [0.2, 0.25) is 0 Å². The van der Waals surface area contributed by atoms with Gasteiger partial charge in [-0.1, -0.05) is 48.2 Å². The molecule has 1 N–H and O–H groups in total. The number of fused-ring (bicyclic) bond motifs is 1. The van der Waals surface area contributed by atoms with Crippen molar-refractivity contribution in [2.45, 2.75) is 18.5 Å². The van der Waals surface area contributed by atoms with Gasteiger partial charge < -0.3 is 9.72 Å². The molecule has 0 radical (unpaired) electrons. The zero-order valence-corrected chi connectivity index (χ0v) is 18.4. The SMILES string of the molecule is Cc1ccc2nc(SCC(=O)Cc3ccc(Oc4ccccc4)cc3)[nH]c2c1.O=S=O. The number of Topliss-reactive ketones (excluding diaryl/α,β-unsaturated/α-hetero) is 1. The van der Waals surface area contributed by atoms with Crippen LogP contribution in [0.3, 0.4) is 0 Å². The molecule has 31 heavy (non-hydrogen) atoms. The smallest absolute Gasteiger partial charge is 0.335 e. The molecule has 4 rings (SSSR count). The molecule has 1 aromatic heterocycles. The molecule has 8 heteroatoms. The second kappa shape index (κ2) is 11.2. The number of aryl methyl sites for hydroxylation is 1. The number of nitrogens with zero attached hydrogens (tertiary/aromatic N) is 1. The van der Waals surface area contributed by atoms with Crippen LogP contribution in [0.5, 0.6) is 11.5 Å². The Labute approximate surface area is 187 Å². The lowest BCUT2D eigenvalue weighted by molar-refractivity contribution is -0.116. The highest BCUT2D eigenvalue weighted by atomic mass is 32.2. The minimum absolute atomic E-state index is 0.165. The van der Waals surface area contributed by atoms with Crippen LogP contribution in [0.15, 0.2) is 78.0 Å². The lowest BCUT2D eigenvalue weighted by Crippen LogP contribution is -2.05. The molecule has 0 aliphatic rings. The predicted molar refractivity (Wildman–Crippen MR) is 122 cm³/mol. The molecule has 158 valence electrons. The van der Waals surface area contributed by atoms with Crippen LogP contribution in [0.25, 0.3) is 11.0 Å². The highest BCUT2D eigenvalue weighted by molar-refractivity contribution is 7.99. The van der Waals surface area contributed by atoms with Gasteiger partial charge in [-0.05, 0) is 54.4 Å². The Hall–Kier alpha value is -3.23. The first-order chi connectivity index (χ1) is 15.1. The van der Waals surface area contributed by atoms with Gasteiger partial charge >= 0.3 is 11.6 Å². The van der Waals surface area contributed by atoms with E-state index in [0.717, 1.165) is 33.3 Å². The van der Waals surface area contributed by atoms with E-state index in [1.807, 2.05) is 73.7 Å². The van der Waals surface area contributed by atoms with Crippen molar-refractivity contribution in [1.82, 2.24) is 9.97 Å².